The predicted molar refractivity (Wildman–Crippen MR) is 73.4 cm³/mol. The van der Waals surface area contributed by atoms with Crippen molar-refractivity contribution in [3.63, 3.8) is 0 Å². The first-order valence-electron chi connectivity index (χ1n) is 5.72. The first kappa shape index (κ1) is 14.1. The zero-order valence-corrected chi connectivity index (χ0v) is 11.4. The number of amides is 1. The summed E-state index contributed by atoms with van der Waals surface area (Å²) in [4.78, 5) is 11.4. The van der Waals surface area contributed by atoms with E-state index < -0.39 is 0 Å². The van der Waals surface area contributed by atoms with Crippen LogP contribution in [0.25, 0.3) is 0 Å². The molecule has 2 atom stereocenters. The summed E-state index contributed by atoms with van der Waals surface area (Å²) in [6, 6.07) is 8.32. The van der Waals surface area contributed by atoms with Crippen LogP contribution in [-0.4, -0.2) is 11.2 Å². The van der Waals surface area contributed by atoms with Gasteiger partial charge in [0.1, 0.15) is 0 Å². The maximum Gasteiger partial charge on any atom is 0.237 e. The van der Waals surface area contributed by atoms with Gasteiger partial charge in [0.05, 0.1) is 0 Å². The van der Waals surface area contributed by atoms with Crippen LogP contribution in [0.15, 0.2) is 24.3 Å². The monoisotopic (exact) mass is 252 g/mol. The maximum atomic E-state index is 11.4. The second-order valence-electron chi connectivity index (χ2n) is 4.24. The van der Waals surface area contributed by atoms with Crippen LogP contribution in [-0.2, 0) is 10.5 Å². The van der Waals surface area contributed by atoms with E-state index in [2.05, 4.69) is 31.4 Å². The molecule has 0 aliphatic carbocycles. The minimum Gasteiger partial charge on any atom is -0.294 e. The van der Waals surface area contributed by atoms with Crippen LogP contribution in [0.4, 0.5) is 0 Å². The molecule has 1 aromatic rings. The minimum atomic E-state index is -0.102. The average Bonchev–Trinajstić information content (AvgIpc) is 2.35. The lowest BCUT2D eigenvalue weighted by molar-refractivity contribution is -0.124. The highest BCUT2D eigenvalue weighted by atomic mass is 32.2. The Balaban J connectivity index is 2.51. The molecule has 2 unspecified atom stereocenters. The molecule has 0 aliphatic rings. The van der Waals surface area contributed by atoms with Gasteiger partial charge in [0, 0.05) is 16.9 Å². The van der Waals surface area contributed by atoms with Crippen LogP contribution in [0.2, 0.25) is 0 Å². The van der Waals surface area contributed by atoms with Crippen LogP contribution >= 0.6 is 11.8 Å². The SMILES string of the molecule is Cc1ccccc1CSC(C)C(C)C(=O)NN. The van der Waals surface area contributed by atoms with E-state index in [9.17, 15) is 4.79 Å². The number of nitrogens with one attached hydrogen (secondary N) is 1. The molecule has 0 saturated carbocycles. The fourth-order valence-electron chi connectivity index (χ4n) is 1.48. The third-order valence-electron chi connectivity index (χ3n) is 3.02. The molecule has 0 aliphatic heterocycles. The Bertz CT molecular complexity index is 381. The molecular formula is C13H20N2OS. The number of carbonyl (C=O) groups excluding carboxylic acids is 1. The highest BCUT2D eigenvalue weighted by Gasteiger charge is 2.19. The van der Waals surface area contributed by atoms with Crippen molar-refractivity contribution in [1.29, 1.82) is 0 Å². The summed E-state index contributed by atoms with van der Waals surface area (Å²) in [6.07, 6.45) is 0. The van der Waals surface area contributed by atoms with Gasteiger partial charge in [-0.1, -0.05) is 38.1 Å². The van der Waals surface area contributed by atoms with E-state index in [1.54, 1.807) is 11.8 Å². The minimum absolute atomic E-state index is 0.0750. The summed E-state index contributed by atoms with van der Waals surface area (Å²) >= 11 is 1.78. The summed E-state index contributed by atoms with van der Waals surface area (Å²) in [5.41, 5.74) is 4.82. The Kier molecular flexibility index (Phi) is 5.51. The van der Waals surface area contributed by atoms with Gasteiger partial charge in [0.25, 0.3) is 0 Å². The molecule has 1 rings (SSSR count). The molecule has 94 valence electrons. The van der Waals surface area contributed by atoms with E-state index in [1.807, 2.05) is 19.1 Å². The number of hydrogen-bond donors (Lipinski definition) is 2. The molecule has 0 spiro atoms. The Labute approximate surface area is 107 Å². The van der Waals surface area contributed by atoms with Gasteiger partial charge in [0.2, 0.25) is 5.91 Å². The zero-order valence-electron chi connectivity index (χ0n) is 10.6. The fraction of sp³-hybridized carbons (Fsp3) is 0.462. The predicted octanol–water partition coefficient (Wildman–Crippen LogP) is 2.24. The number of benzene rings is 1. The van der Waals surface area contributed by atoms with Crippen molar-refractivity contribution in [3.8, 4) is 0 Å². The first-order valence-corrected chi connectivity index (χ1v) is 6.77. The van der Waals surface area contributed by atoms with Gasteiger partial charge in [-0.2, -0.15) is 11.8 Å². The van der Waals surface area contributed by atoms with E-state index in [-0.39, 0.29) is 17.1 Å². The lowest BCUT2D eigenvalue weighted by atomic mass is 10.1. The number of aryl methyl sites for hydroxylation is 1. The quantitative estimate of drug-likeness (QED) is 0.480. The molecule has 1 aromatic carbocycles. The zero-order chi connectivity index (χ0) is 12.8. The molecule has 0 radical (unpaired) electrons. The number of nitrogens with two attached hydrogens (primary N) is 1. The second-order valence-corrected chi connectivity index (χ2v) is 5.61. The molecule has 0 aromatic heterocycles. The van der Waals surface area contributed by atoms with E-state index in [0.717, 1.165) is 5.75 Å². The first-order chi connectivity index (χ1) is 8.06. The van der Waals surface area contributed by atoms with Gasteiger partial charge < -0.3 is 0 Å². The van der Waals surface area contributed by atoms with Crippen LogP contribution in [0.1, 0.15) is 25.0 Å². The summed E-state index contributed by atoms with van der Waals surface area (Å²) in [5.74, 6) is 5.88. The van der Waals surface area contributed by atoms with Crippen LogP contribution in [0.5, 0.6) is 0 Å². The Morgan fingerprint density at radius 3 is 2.65 bits per heavy atom. The van der Waals surface area contributed by atoms with Gasteiger partial charge in [-0.05, 0) is 18.1 Å². The molecule has 0 heterocycles. The summed E-state index contributed by atoms with van der Waals surface area (Å²) in [6.45, 7) is 6.07. The van der Waals surface area contributed by atoms with E-state index in [0.29, 0.717) is 0 Å². The Morgan fingerprint density at radius 2 is 2.06 bits per heavy atom. The van der Waals surface area contributed by atoms with Crippen molar-refractivity contribution in [2.45, 2.75) is 31.8 Å². The molecular weight excluding hydrogens is 232 g/mol. The standard InChI is InChI=1S/C13H20N2OS/c1-9-6-4-5-7-12(9)8-17-11(3)10(2)13(16)15-14/h4-7,10-11H,8,14H2,1-3H3,(H,15,16). The molecule has 0 bridgehead atoms. The van der Waals surface area contributed by atoms with Crippen molar-refractivity contribution in [3.05, 3.63) is 35.4 Å². The summed E-state index contributed by atoms with van der Waals surface area (Å²) in [5, 5.41) is 0.248. The number of thioether (sulfide) groups is 1. The van der Waals surface area contributed by atoms with Crippen molar-refractivity contribution >= 4 is 17.7 Å². The fourth-order valence-corrected chi connectivity index (χ4v) is 2.66. The van der Waals surface area contributed by atoms with Crippen molar-refractivity contribution in [2.24, 2.45) is 11.8 Å². The van der Waals surface area contributed by atoms with E-state index in [1.165, 1.54) is 11.1 Å². The molecule has 17 heavy (non-hydrogen) atoms. The van der Waals surface area contributed by atoms with Crippen LogP contribution < -0.4 is 11.3 Å². The molecule has 0 saturated heterocycles. The smallest absolute Gasteiger partial charge is 0.237 e. The highest BCUT2D eigenvalue weighted by molar-refractivity contribution is 7.99. The third kappa shape index (κ3) is 4.06. The topological polar surface area (TPSA) is 55.1 Å². The number of carbonyl (C=O) groups is 1. The largest absolute Gasteiger partial charge is 0.294 e. The molecule has 0 fully saturated rings. The van der Waals surface area contributed by atoms with Crippen molar-refractivity contribution < 1.29 is 4.79 Å². The second kappa shape index (κ2) is 6.67. The van der Waals surface area contributed by atoms with Crippen LogP contribution in [0.3, 0.4) is 0 Å². The van der Waals surface area contributed by atoms with Gasteiger partial charge in [0.15, 0.2) is 0 Å². The van der Waals surface area contributed by atoms with Crippen LogP contribution in [0, 0.1) is 12.8 Å². The lowest BCUT2D eigenvalue weighted by Gasteiger charge is -2.18. The molecule has 4 heteroatoms. The molecule has 3 nitrogen and oxygen atoms in total. The number of hydrazine groups is 1. The average molecular weight is 252 g/mol. The summed E-state index contributed by atoms with van der Waals surface area (Å²) in [7, 11) is 0. The van der Waals surface area contributed by atoms with Gasteiger partial charge in [-0.3, -0.25) is 10.2 Å². The lowest BCUT2D eigenvalue weighted by Crippen LogP contribution is -2.38. The normalized spacial score (nSPS) is 14.1. The van der Waals surface area contributed by atoms with Gasteiger partial charge in [-0.15, -0.1) is 0 Å². The van der Waals surface area contributed by atoms with Gasteiger partial charge in [-0.25, -0.2) is 5.84 Å². The van der Waals surface area contributed by atoms with Gasteiger partial charge >= 0.3 is 0 Å². The number of hydrogen-bond acceptors (Lipinski definition) is 3. The van der Waals surface area contributed by atoms with E-state index >= 15 is 0 Å². The number of rotatable bonds is 5. The summed E-state index contributed by atoms with van der Waals surface area (Å²) < 4.78 is 0. The Hall–Kier alpha value is -1.00. The highest BCUT2D eigenvalue weighted by Crippen LogP contribution is 2.24. The maximum absolute atomic E-state index is 11.4. The van der Waals surface area contributed by atoms with Crippen molar-refractivity contribution in [1.82, 2.24) is 5.43 Å². The molecule has 3 N–H and O–H groups in total. The Morgan fingerprint density at radius 1 is 1.41 bits per heavy atom. The third-order valence-corrected chi connectivity index (χ3v) is 4.43. The molecule has 1 amide bonds. The van der Waals surface area contributed by atoms with E-state index in [4.69, 9.17) is 5.84 Å². The van der Waals surface area contributed by atoms with Crippen molar-refractivity contribution in [2.75, 3.05) is 0 Å².